The van der Waals surface area contributed by atoms with E-state index in [9.17, 15) is 8.42 Å². The Hall–Kier alpha value is -0.130. The average molecular weight is 236 g/mol. The van der Waals surface area contributed by atoms with Crippen molar-refractivity contribution in [1.29, 1.82) is 0 Å². The Kier molecular flexibility index (Phi) is 5.23. The van der Waals surface area contributed by atoms with Gasteiger partial charge in [0.05, 0.1) is 5.25 Å². The van der Waals surface area contributed by atoms with Gasteiger partial charge < -0.3 is 5.73 Å². The van der Waals surface area contributed by atoms with E-state index < -0.39 is 20.8 Å². The van der Waals surface area contributed by atoms with E-state index in [4.69, 9.17) is 5.73 Å². The molecule has 0 heterocycles. The first kappa shape index (κ1) is 14.9. The highest BCUT2D eigenvalue weighted by Gasteiger charge is 2.36. The van der Waals surface area contributed by atoms with E-state index in [1.54, 1.807) is 13.8 Å². The molecule has 0 saturated carbocycles. The molecule has 0 aliphatic carbocycles. The van der Waals surface area contributed by atoms with Crippen LogP contribution in [-0.4, -0.2) is 36.6 Å². The molecule has 0 fully saturated rings. The van der Waals surface area contributed by atoms with Crippen LogP contribution in [0.1, 0.15) is 41.0 Å². The van der Waals surface area contributed by atoms with Crippen LogP contribution >= 0.6 is 0 Å². The SMILES string of the molecule is CCCN(C(C)(C)CN)S(=O)(=O)C(C)C. The van der Waals surface area contributed by atoms with Crippen molar-refractivity contribution in [3.63, 3.8) is 0 Å². The monoisotopic (exact) mass is 236 g/mol. The van der Waals surface area contributed by atoms with Gasteiger partial charge in [-0.1, -0.05) is 6.92 Å². The highest BCUT2D eigenvalue weighted by molar-refractivity contribution is 7.89. The van der Waals surface area contributed by atoms with Gasteiger partial charge in [0.1, 0.15) is 0 Å². The molecule has 15 heavy (non-hydrogen) atoms. The molecule has 0 saturated heterocycles. The molecule has 0 aliphatic heterocycles. The van der Waals surface area contributed by atoms with E-state index in [0.29, 0.717) is 13.1 Å². The molecule has 0 spiro atoms. The van der Waals surface area contributed by atoms with Gasteiger partial charge >= 0.3 is 0 Å². The fourth-order valence-electron chi connectivity index (χ4n) is 1.33. The third-order valence-electron chi connectivity index (χ3n) is 2.50. The second kappa shape index (κ2) is 5.27. The number of hydrogen-bond acceptors (Lipinski definition) is 3. The van der Waals surface area contributed by atoms with Crippen molar-refractivity contribution >= 4 is 10.0 Å². The molecular weight excluding hydrogens is 212 g/mol. The lowest BCUT2D eigenvalue weighted by Crippen LogP contribution is -2.54. The molecule has 0 radical (unpaired) electrons. The van der Waals surface area contributed by atoms with Crippen molar-refractivity contribution in [3.05, 3.63) is 0 Å². The quantitative estimate of drug-likeness (QED) is 0.753. The maximum absolute atomic E-state index is 12.1. The Morgan fingerprint density at radius 1 is 1.33 bits per heavy atom. The maximum Gasteiger partial charge on any atom is 0.216 e. The largest absolute Gasteiger partial charge is 0.329 e. The summed E-state index contributed by atoms with van der Waals surface area (Å²) in [4.78, 5) is 0. The molecule has 0 bridgehead atoms. The lowest BCUT2D eigenvalue weighted by molar-refractivity contribution is 0.233. The van der Waals surface area contributed by atoms with Crippen LogP contribution in [0.15, 0.2) is 0 Å². The van der Waals surface area contributed by atoms with Crippen molar-refractivity contribution in [2.75, 3.05) is 13.1 Å². The molecule has 0 aliphatic rings. The summed E-state index contributed by atoms with van der Waals surface area (Å²) < 4.78 is 25.7. The third-order valence-corrected chi connectivity index (χ3v) is 4.99. The summed E-state index contributed by atoms with van der Waals surface area (Å²) in [6.07, 6.45) is 0.801. The van der Waals surface area contributed by atoms with E-state index in [1.807, 2.05) is 20.8 Å². The lowest BCUT2D eigenvalue weighted by Gasteiger charge is -2.37. The van der Waals surface area contributed by atoms with Gasteiger partial charge in [0.15, 0.2) is 0 Å². The number of rotatable bonds is 6. The summed E-state index contributed by atoms with van der Waals surface area (Å²) in [5.41, 5.74) is 5.13. The zero-order valence-corrected chi connectivity index (χ0v) is 11.3. The van der Waals surface area contributed by atoms with Gasteiger partial charge in [-0.3, -0.25) is 0 Å². The summed E-state index contributed by atoms with van der Waals surface area (Å²) in [6, 6.07) is 0. The first-order chi connectivity index (χ1) is 6.70. The smallest absolute Gasteiger partial charge is 0.216 e. The summed E-state index contributed by atoms with van der Waals surface area (Å²) in [6.45, 7) is 9.96. The highest BCUT2D eigenvalue weighted by atomic mass is 32.2. The molecular formula is C10H24N2O2S. The van der Waals surface area contributed by atoms with Crippen LogP contribution in [-0.2, 0) is 10.0 Å². The molecule has 92 valence electrons. The van der Waals surface area contributed by atoms with Crippen LogP contribution in [0.3, 0.4) is 0 Å². The maximum atomic E-state index is 12.1. The van der Waals surface area contributed by atoms with E-state index >= 15 is 0 Å². The van der Waals surface area contributed by atoms with Crippen LogP contribution < -0.4 is 5.73 Å². The molecule has 4 nitrogen and oxygen atoms in total. The van der Waals surface area contributed by atoms with Gasteiger partial charge in [0, 0.05) is 18.6 Å². The molecule has 0 unspecified atom stereocenters. The molecule has 0 aromatic rings. The number of sulfonamides is 1. The van der Waals surface area contributed by atoms with E-state index in [2.05, 4.69) is 0 Å². The minimum absolute atomic E-state index is 0.332. The topological polar surface area (TPSA) is 63.4 Å². The van der Waals surface area contributed by atoms with Gasteiger partial charge in [-0.2, -0.15) is 4.31 Å². The van der Waals surface area contributed by atoms with Gasteiger partial charge in [-0.15, -0.1) is 0 Å². The molecule has 2 N–H and O–H groups in total. The van der Waals surface area contributed by atoms with Crippen molar-refractivity contribution in [2.24, 2.45) is 5.73 Å². The van der Waals surface area contributed by atoms with Crippen molar-refractivity contribution in [3.8, 4) is 0 Å². The summed E-state index contributed by atoms with van der Waals surface area (Å²) in [5, 5.41) is -0.394. The minimum Gasteiger partial charge on any atom is -0.329 e. The first-order valence-corrected chi connectivity index (χ1v) is 6.92. The van der Waals surface area contributed by atoms with Crippen LogP contribution in [0.25, 0.3) is 0 Å². The Balaban J connectivity index is 5.15. The molecule has 0 atom stereocenters. The van der Waals surface area contributed by atoms with Gasteiger partial charge in [0.2, 0.25) is 10.0 Å². The Morgan fingerprint density at radius 3 is 2.07 bits per heavy atom. The molecule has 0 aromatic carbocycles. The Morgan fingerprint density at radius 2 is 1.80 bits per heavy atom. The first-order valence-electron chi connectivity index (χ1n) is 5.42. The number of nitrogens with zero attached hydrogens (tertiary/aromatic N) is 1. The highest BCUT2D eigenvalue weighted by Crippen LogP contribution is 2.21. The lowest BCUT2D eigenvalue weighted by atomic mass is 10.1. The van der Waals surface area contributed by atoms with Crippen molar-refractivity contribution in [1.82, 2.24) is 4.31 Å². The van der Waals surface area contributed by atoms with Crippen LogP contribution in [0.2, 0.25) is 0 Å². The fourth-order valence-corrected chi connectivity index (χ4v) is 3.04. The second-order valence-electron chi connectivity index (χ2n) is 4.68. The zero-order valence-electron chi connectivity index (χ0n) is 10.4. The zero-order chi connectivity index (χ0) is 12.3. The summed E-state index contributed by atoms with van der Waals surface area (Å²) in [5.74, 6) is 0. The normalized spacial score (nSPS) is 13.9. The second-order valence-corrected chi connectivity index (χ2v) is 7.10. The standard InChI is InChI=1S/C10H24N2O2S/c1-6-7-12(10(4,5)8-11)15(13,14)9(2)3/h9H,6-8,11H2,1-5H3. The van der Waals surface area contributed by atoms with Crippen molar-refractivity contribution < 1.29 is 8.42 Å². The Labute approximate surface area is 93.9 Å². The van der Waals surface area contributed by atoms with E-state index in [0.717, 1.165) is 6.42 Å². The average Bonchev–Trinajstić information content (AvgIpc) is 2.13. The number of hydrogen-bond donors (Lipinski definition) is 1. The number of nitrogens with two attached hydrogens (primary N) is 1. The predicted molar refractivity (Wildman–Crippen MR) is 64.2 cm³/mol. The fraction of sp³-hybridized carbons (Fsp3) is 1.00. The van der Waals surface area contributed by atoms with Gasteiger partial charge in [-0.05, 0) is 34.1 Å². The van der Waals surface area contributed by atoms with E-state index in [-0.39, 0.29) is 0 Å². The summed E-state index contributed by atoms with van der Waals surface area (Å²) in [7, 11) is -3.22. The molecule has 0 aromatic heterocycles. The molecule has 0 amide bonds. The summed E-state index contributed by atoms with van der Waals surface area (Å²) >= 11 is 0. The van der Waals surface area contributed by atoms with Crippen LogP contribution in [0.5, 0.6) is 0 Å². The van der Waals surface area contributed by atoms with Gasteiger partial charge in [0.25, 0.3) is 0 Å². The molecule has 5 heteroatoms. The predicted octanol–water partition coefficient (Wildman–Crippen LogP) is 1.17. The Bertz CT molecular complexity index is 284. The van der Waals surface area contributed by atoms with Crippen molar-refractivity contribution in [2.45, 2.75) is 51.8 Å². The third kappa shape index (κ3) is 3.43. The van der Waals surface area contributed by atoms with E-state index in [1.165, 1.54) is 4.31 Å². The van der Waals surface area contributed by atoms with Crippen LogP contribution in [0.4, 0.5) is 0 Å². The van der Waals surface area contributed by atoms with Crippen LogP contribution in [0, 0.1) is 0 Å². The molecule has 0 rings (SSSR count). The van der Waals surface area contributed by atoms with Gasteiger partial charge in [-0.25, -0.2) is 8.42 Å². The minimum atomic E-state index is -3.22.